The third kappa shape index (κ3) is 1.43. The second kappa shape index (κ2) is 3.48. The van der Waals surface area contributed by atoms with Crippen LogP contribution in [0.1, 0.15) is 12.8 Å². The molecule has 1 aliphatic rings. The summed E-state index contributed by atoms with van der Waals surface area (Å²) in [6, 6.07) is 3.12. The van der Waals surface area contributed by atoms with E-state index >= 15 is 0 Å². The molecule has 1 aliphatic heterocycles. The van der Waals surface area contributed by atoms with E-state index < -0.39 is 0 Å². The Morgan fingerprint density at radius 2 is 2.60 bits per heavy atom. The van der Waals surface area contributed by atoms with Gasteiger partial charge in [-0.1, -0.05) is 6.42 Å². The quantitative estimate of drug-likeness (QED) is 0.522. The van der Waals surface area contributed by atoms with Crippen LogP contribution in [-0.4, -0.2) is 31.2 Å². The van der Waals surface area contributed by atoms with E-state index in [0.29, 0.717) is 6.04 Å². The van der Waals surface area contributed by atoms with E-state index in [1.807, 2.05) is 4.90 Å². The standard InChI is InChI=1S/C8H13NO/c1-3-9-6-4-5-8(9)7-10-2/h1,8H,4-7H2,2H3/t8-/m0/s1. The average molecular weight is 139 g/mol. The summed E-state index contributed by atoms with van der Waals surface area (Å²) in [6.07, 6.45) is 7.66. The lowest BCUT2D eigenvalue weighted by Crippen LogP contribution is -2.28. The molecule has 56 valence electrons. The average Bonchev–Trinajstić information content (AvgIpc) is 2.36. The van der Waals surface area contributed by atoms with E-state index in [4.69, 9.17) is 11.2 Å². The first kappa shape index (κ1) is 7.43. The van der Waals surface area contributed by atoms with Gasteiger partial charge >= 0.3 is 0 Å². The van der Waals surface area contributed by atoms with Gasteiger partial charge in [0.2, 0.25) is 0 Å². The molecule has 1 rings (SSSR count). The van der Waals surface area contributed by atoms with Crippen molar-refractivity contribution in [2.45, 2.75) is 18.9 Å². The van der Waals surface area contributed by atoms with Gasteiger partial charge in [0.25, 0.3) is 0 Å². The van der Waals surface area contributed by atoms with Gasteiger partial charge in [-0.15, -0.1) is 0 Å². The highest BCUT2D eigenvalue weighted by atomic mass is 16.5. The van der Waals surface area contributed by atoms with Gasteiger partial charge in [0.15, 0.2) is 0 Å². The van der Waals surface area contributed by atoms with Gasteiger partial charge in [0.05, 0.1) is 12.6 Å². The Hall–Kier alpha value is -0.680. The molecule has 1 heterocycles. The summed E-state index contributed by atoms with van der Waals surface area (Å²) >= 11 is 0. The van der Waals surface area contributed by atoms with Crippen LogP contribution in [0.5, 0.6) is 0 Å². The van der Waals surface area contributed by atoms with Gasteiger partial charge in [-0.25, -0.2) is 0 Å². The van der Waals surface area contributed by atoms with E-state index in [9.17, 15) is 0 Å². The molecule has 0 aromatic heterocycles. The molecule has 0 saturated carbocycles. The maximum Gasteiger partial charge on any atom is 0.0673 e. The Bertz CT molecular complexity index is 139. The fourth-order valence-electron chi connectivity index (χ4n) is 1.37. The SMILES string of the molecule is C#CN1CCC[C@H]1COC. The molecule has 0 aliphatic carbocycles. The molecule has 1 fully saturated rings. The van der Waals surface area contributed by atoms with Crippen LogP contribution in [0.25, 0.3) is 0 Å². The number of hydrogen-bond donors (Lipinski definition) is 0. The van der Waals surface area contributed by atoms with Crippen molar-refractivity contribution in [1.29, 1.82) is 0 Å². The molecule has 0 N–H and O–H groups in total. The molecule has 0 bridgehead atoms. The summed E-state index contributed by atoms with van der Waals surface area (Å²) < 4.78 is 5.02. The van der Waals surface area contributed by atoms with E-state index in [1.54, 1.807) is 7.11 Å². The summed E-state index contributed by atoms with van der Waals surface area (Å²) in [5.74, 6) is 0. The molecule has 1 saturated heterocycles. The zero-order valence-electron chi connectivity index (χ0n) is 6.34. The van der Waals surface area contributed by atoms with Crippen molar-refractivity contribution in [2.24, 2.45) is 0 Å². The van der Waals surface area contributed by atoms with E-state index in [-0.39, 0.29) is 0 Å². The largest absolute Gasteiger partial charge is 0.383 e. The second-order valence-electron chi connectivity index (χ2n) is 2.57. The smallest absolute Gasteiger partial charge is 0.0673 e. The van der Waals surface area contributed by atoms with E-state index in [1.165, 1.54) is 12.8 Å². The molecule has 1 atom stereocenters. The number of nitrogens with zero attached hydrogens (tertiary/aromatic N) is 1. The van der Waals surface area contributed by atoms with Gasteiger partial charge in [-0.2, -0.15) is 0 Å². The molecule has 10 heavy (non-hydrogen) atoms. The third-order valence-electron chi connectivity index (χ3n) is 1.90. The number of hydrogen-bond acceptors (Lipinski definition) is 2. The highest BCUT2D eigenvalue weighted by Crippen LogP contribution is 2.15. The van der Waals surface area contributed by atoms with Crippen LogP contribution in [-0.2, 0) is 4.74 Å². The minimum atomic E-state index is 0.468. The Morgan fingerprint density at radius 3 is 3.20 bits per heavy atom. The monoisotopic (exact) mass is 139 g/mol. The van der Waals surface area contributed by atoms with Crippen molar-refractivity contribution in [3.05, 3.63) is 0 Å². The first-order chi connectivity index (χ1) is 4.88. The fourth-order valence-corrected chi connectivity index (χ4v) is 1.37. The highest BCUT2D eigenvalue weighted by molar-refractivity contribution is 4.93. The predicted octanol–water partition coefficient (Wildman–Crippen LogP) is 0.688. The molecule has 0 spiro atoms. The van der Waals surface area contributed by atoms with Crippen molar-refractivity contribution in [3.8, 4) is 12.5 Å². The Kier molecular flexibility index (Phi) is 2.58. The van der Waals surface area contributed by atoms with Crippen LogP contribution in [0.4, 0.5) is 0 Å². The van der Waals surface area contributed by atoms with Crippen molar-refractivity contribution >= 4 is 0 Å². The zero-order chi connectivity index (χ0) is 7.40. The van der Waals surface area contributed by atoms with Gasteiger partial charge < -0.3 is 9.64 Å². The lowest BCUT2D eigenvalue weighted by atomic mass is 10.2. The lowest BCUT2D eigenvalue weighted by molar-refractivity contribution is 0.142. The summed E-state index contributed by atoms with van der Waals surface area (Å²) in [4.78, 5) is 2.02. The molecule has 0 amide bonds. The molecule has 2 heteroatoms. The zero-order valence-corrected chi connectivity index (χ0v) is 6.34. The number of rotatable bonds is 2. The van der Waals surface area contributed by atoms with E-state index in [2.05, 4.69) is 6.04 Å². The molecule has 0 unspecified atom stereocenters. The fraction of sp³-hybridized carbons (Fsp3) is 0.750. The Labute approximate surface area is 62.2 Å². The van der Waals surface area contributed by atoms with Crippen molar-refractivity contribution in [1.82, 2.24) is 4.90 Å². The molecule has 0 radical (unpaired) electrons. The summed E-state index contributed by atoms with van der Waals surface area (Å²) in [7, 11) is 1.72. The first-order valence-corrected chi connectivity index (χ1v) is 3.60. The maximum atomic E-state index is 5.27. The minimum absolute atomic E-state index is 0.468. The van der Waals surface area contributed by atoms with Crippen LogP contribution >= 0.6 is 0 Å². The van der Waals surface area contributed by atoms with Gasteiger partial charge in [-0.3, -0.25) is 0 Å². The molecular weight excluding hydrogens is 126 g/mol. The highest BCUT2D eigenvalue weighted by Gasteiger charge is 2.21. The second-order valence-corrected chi connectivity index (χ2v) is 2.57. The van der Waals surface area contributed by atoms with Crippen LogP contribution in [0.15, 0.2) is 0 Å². The van der Waals surface area contributed by atoms with Gasteiger partial charge in [0, 0.05) is 19.7 Å². The molecule has 0 aromatic carbocycles. The number of terminal acetylenes is 1. The first-order valence-electron chi connectivity index (χ1n) is 3.60. The summed E-state index contributed by atoms with van der Waals surface area (Å²) in [6.45, 7) is 1.80. The van der Waals surface area contributed by atoms with Gasteiger partial charge in [0.1, 0.15) is 0 Å². The third-order valence-corrected chi connectivity index (χ3v) is 1.90. The molecular formula is C8H13NO. The number of methoxy groups -OCH3 is 1. The van der Waals surface area contributed by atoms with E-state index in [0.717, 1.165) is 13.2 Å². The number of likely N-dealkylation sites (tertiary alicyclic amines) is 1. The summed E-state index contributed by atoms with van der Waals surface area (Å²) in [5, 5.41) is 0. The van der Waals surface area contributed by atoms with Crippen molar-refractivity contribution in [2.75, 3.05) is 20.3 Å². The van der Waals surface area contributed by atoms with Crippen LogP contribution in [0, 0.1) is 12.5 Å². The van der Waals surface area contributed by atoms with Crippen LogP contribution < -0.4 is 0 Å². The van der Waals surface area contributed by atoms with Gasteiger partial charge in [-0.05, 0) is 12.8 Å². The topological polar surface area (TPSA) is 12.5 Å². The Morgan fingerprint density at radius 1 is 1.80 bits per heavy atom. The Balaban J connectivity index is 2.36. The van der Waals surface area contributed by atoms with Crippen LogP contribution in [0.2, 0.25) is 0 Å². The minimum Gasteiger partial charge on any atom is -0.383 e. The molecule has 2 nitrogen and oxygen atoms in total. The predicted molar refractivity (Wildman–Crippen MR) is 40.4 cm³/mol. The maximum absolute atomic E-state index is 5.27. The molecule has 0 aromatic rings. The lowest BCUT2D eigenvalue weighted by Gasteiger charge is -2.18. The van der Waals surface area contributed by atoms with Crippen LogP contribution in [0.3, 0.4) is 0 Å². The van der Waals surface area contributed by atoms with Crippen molar-refractivity contribution in [3.63, 3.8) is 0 Å². The number of ether oxygens (including phenoxy) is 1. The normalized spacial score (nSPS) is 24.8. The summed E-state index contributed by atoms with van der Waals surface area (Å²) in [5.41, 5.74) is 0. The van der Waals surface area contributed by atoms with Crippen molar-refractivity contribution < 1.29 is 4.74 Å².